The molecule has 0 amide bonds. The molecule has 0 saturated carbocycles. The van der Waals surface area contributed by atoms with Crippen molar-refractivity contribution in [2.75, 3.05) is 6.61 Å². The van der Waals surface area contributed by atoms with E-state index < -0.39 is 6.04 Å². The van der Waals surface area contributed by atoms with Crippen molar-refractivity contribution in [2.24, 2.45) is 11.7 Å². The van der Waals surface area contributed by atoms with Crippen molar-refractivity contribution in [1.82, 2.24) is 0 Å². The first-order chi connectivity index (χ1) is 7.09. The van der Waals surface area contributed by atoms with Crippen LogP contribution in [0.3, 0.4) is 0 Å². The molecular weight excluding hydrogens is 194 g/mol. The fraction of sp³-hybridized carbons (Fsp3) is 0.818. The topological polar surface area (TPSA) is 69.4 Å². The summed E-state index contributed by atoms with van der Waals surface area (Å²) in [5.74, 6) is -0.242. The van der Waals surface area contributed by atoms with E-state index >= 15 is 0 Å². The largest absolute Gasteiger partial charge is 0.465 e. The van der Waals surface area contributed by atoms with Crippen LogP contribution in [0.5, 0.6) is 0 Å². The van der Waals surface area contributed by atoms with Crippen LogP contribution < -0.4 is 5.73 Å². The number of carbonyl (C=O) groups excluding carboxylic acids is 2. The monoisotopic (exact) mass is 214 g/mol. The van der Waals surface area contributed by atoms with Crippen molar-refractivity contribution in [3.05, 3.63) is 0 Å². The lowest BCUT2D eigenvalue weighted by Crippen LogP contribution is -2.37. The summed E-state index contributed by atoms with van der Waals surface area (Å²) >= 11 is 0. The highest BCUT2D eigenvalue weighted by atomic mass is 16.5. The number of hydrogen-bond donors (Lipinski definition) is 1. The normalized spacial score (nSPS) is 12.5. The van der Waals surface area contributed by atoms with Gasteiger partial charge in [-0.25, -0.2) is 0 Å². The molecule has 0 bridgehead atoms. The first kappa shape index (κ1) is 14.1. The van der Waals surface area contributed by atoms with Crippen LogP contribution in [0.4, 0.5) is 0 Å². The van der Waals surface area contributed by atoms with Crippen molar-refractivity contribution >= 4 is 12.3 Å². The number of rotatable bonds is 8. The number of esters is 1. The van der Waals surface area contributed by atoms with Gasteiger partial charge < -0.3 is 10.5 Å². The lowest BCUT2D eigenvalue weighted by Gasteiger charge is -2.14. The minimum Gasteiger partial charge on any atom is -0.465 e. The highest BCUT2D eigenvalue weighted by molar-refractivity contribution is 5.75. The van der Waals surface area contributed by atoms with Gasteiger partial charge in [0.1, 0.15) is 6.04 Å². The van der Waals surface area contributed by atoms with Gasteiger partial charge in [0.25, 0.3) is 0 Å². The van der Waals surface area contributed by atoms with E-state index in [1.54, 1.807) is 0 Å². The van der Waals surface area contributed by atoms with Gasteiger partial charge in [-0.05, 0) is 25.2 Å². The fourth-order valence-corrected chi connectivity index (χ4v) is 1.02. The van der Waals surface area contributed by atoms with Crippen molar-refractivity contribution in [1.29, 1.82) is 0 Å². The highest BCUT2D eigenvalue weighted by Gasteiger charge is 2.18. The van der Waals surface area contributed by atoms with Gasteiger partial charge in [-0.3, -0.25) is 9.59 Å². The molecule has 0 saturated heterocycles. The summed E-state index contributed by atoms with van der Waals surface area (Å²) in [5.41, 5.74) is 5.60. The predicted octanol–water partition coefficient (Wildman–Crippen LogP) is 1.18. The highest BCUT2D eigenvalue weighted by Crippen LogP contribution is 2.03. The molecule has 15 heavy (non-hydrogen) atoms. The Morgan fingerprint density at radius 3 is 2.53 bits per heavy atom. The summed E-state index contributed by atoms with van der Waals surface area (Å²) in [4.78, 5) is 21.1. The number of carbonyl (C=O) groups is 1. The molecule has 0 heterocycles. The minimum absolute atomic E-state index is 0.0992. The zero-order chi connectivity index (χ0) is 11.7. The molecule has 0 aromatic rings. The second-order valence-electron chi connectivity index (χ2n) is 3.89. The van der Waals surface area contributed by atoms with E-state index in [1.165, 1.54) is 0 Å². The Balaban J connectivity index is 3.43. The third kappa shape index (κ3) is 7.08. The Morgan fingerprint density at radius 1 is 1.33 bits per heavy atom. The first-order valence-electron chi connectivity index (χ1n) is 5.36. The van der Waals surface area contributed by atoms with Crippen molar-refractivity contribution in [3.8, 4) is 0 Å². The second kappa shape index (κ2) is 8.41. The molecule has 87 valence electrons. The SMILES string of the molecule is CC(C)[C@H](N)C(=O)OCCCCC[C]=O. The maximum atomic E-state index is 11.3. The molecule has 1 atom stereocenters. The van der Waals surface area contributed by atoms with Gasteiger partial charge in [0.2, 0.25) is 0 Å². The first-order valence-corrected chi connectivity index (χ1v) is 5.36. The van der Waals surface area contributed by atoms with Crippen LogP contribution in [0.15, 0.2) is 0 Å². The fourth-order valence-electron chi connectivity index (χ4n) is 1.02. The molecule has 0 aromatic carbocycles. The van der Waals surface area contributed by atoms with Crippen molar-refractivity contribution in [3.63, 3.8) is 0 Å². The molecule has 4 heteroatoms. The van der Waals surface area contributed by atoms with E-state index in [9.17, 15) is 9.59 Å². The second-order valence-corrected chi connectivity index (χ2v) is 3.89. The lowest BCUT2D eigenvalue weighted by molar-refractivity contribution is -0.146. The van der Waals surface area contributed by atoms with Crippen LogP contribution in [0.1, 0.15) is 39.5 Å². The van der Waals surface area contributed by atoms with Gasteiger partial charge >= 0.3 is 5.97 Å². The third-order valence-electron chi connectivity index (χ3n) is 2.16. The summed E-state index contributed by atoms with van der Waals surface area (Å²) in [7, 11) is 0. The summed E-state index contributed by atoms with van der Waals surface area (Å²) in [6, 6.07) is -0.534. The molecule has 0 spiro atoms. The van der Waals surface area contributed by atoms with Crippen molar-refractivity contribution < 1.29 is 14.3 Å². The lowest BCUT2D eigenvalue weighted by atomic mass is 10.1. The van der Waals surface area contributed by atoms with Crippen LogP contribution in [0, 0.1) is 5.92 Å². The van der Waals surface area contributed by atoms with Gasteiger partial charge in [0.05, 0.1) is 6.61 Å². The molecule has 0 aromatic heterocycles. The van der Waals surface area contributed by atoms with E-state index in [1.807, 2.05) is 20.1 Å². The summed E-state index contributed by atoms with van der Waals surface area (Å²) in [5, 5.41) is 0. The number of unbranched alkanes of at least 4 members (excludes halogenated alkanes) is 3. The number of nitrogens with two attached hydrogens (primary N) is 1. The standard InChI is InChI=1S/C11H20NO3/c1-9(2)10(12)11(14)15-8-6-4-3-5-7-13/h9-10H,3-6,8,12H2,1-2H3/t10-/m0/s1. The molecule has 0 aliphatic heterocycles. The van der Waals surface area contributed by atoms with Crippen LogP contribution >= 0.6 is 0 Å². The Morgan fingerprint density at radius 2 is 2.00 bits per heavy atom. The average Bonchev–Trinajstić information content (AvgIpc) is 2.21. The third-order valence-corrected chi connectivity index (χ3v) is 2.16. The number of ether oxygens (including phenoxy) is 1. The maximum Gasteiger partial charge on any atom is 0.323 e. The zero-order valence-corrected chi connectivity index (χ0v) is 9.49. The summed E-state index contributed by atoms with van der Waals surface area (Å²) in [6.45, 7) is 4.15. The van der Waals surface area contributed by atoms with E-state index in [-0.39, 0.29) is 11.9 Å². The Hall–Kier alpha value is -0.900. The van der Waals surface area contributed by atoms with E-state index in [0.717, 1.165) is 19.3 Å². The van der Waals surface area contributed by atoms with E-state index in [2.05, 4.69) is 0 Å². The maximum absolute atomic E-state index is 11.3. The molecular formula is C11H20NO3. The zero-order valence-electron chi connectivity index (χ0n) is 9.49. The smallest absolute Gasteiger partial charge is 0.323 e. The van der Waals surface area contributed by atoms with Crippen LogP contribution in [0.25, 0.3) is 0 Å². The van der Waals surface area contributed by atoms with Gasteiger partial charge in [0.15, 0.2) is 6.29 Å². The molecule has 0 aliphatic carbocycles. The van der Waals surface area contributed by atoms with Gasteiger partial charge in [-0.1, -0.05) is 13.8 Å². The van der Waals surface area contributed by atoms with Gasteiger partial charge in [0, 0.05) is 6.42 Å². The summed E-state index contributed by atoms with van der Waals surface area (Å²) < 4.78 is 4.98. The van der Waals surface area contributed by atoms with Crippen LogP contribution in [-0.2, 0) is 14.3 Å². The number of hydrogen-bond acceptors (Lipinski definition) is 4. The molecule has 2 N–H and O–H groups in total. The quantitative estimate of drug-likeness (QED) is 0.486. The predicted molar refractivity (Wildman–Crippen MR) is 57.9 cm³/mol. The van der Waals surface area contributed by atoms with Gasteiger partial charge in [-0.15, -0.1) is 0 Å². The van der Waals surface area contributed by atoms with E-state index in [4.69, 9.17) is 10.5 Å². The molecule has 4 nitrogen and oxygen atoms in total. The molecule has 0 rings (SSSR count). The average molecular weight is 214 g/mol. The molecule has 0 unspecified atom stereocenters. The van der Waals surface area contributed by atoms with Crippen molar-refractivity contribution in [2.45, 2.75) is 45.6 Å². The molecule has 0 fully saturated rings. The molecule has 1 radical (unpaired) electrons. The van der Waals surface area contributed by atoms with E-state index in [0.29, 0.717) is 13.0 Å². The summed E-state index contributed by atoms with van der Waals surface area (Å²) in [6.07, 6.45) is 4.73. The minimum atomic E-state index is -0.534. The molecule has 0 aliphatic rings. The van der Waals surface area contributed by atoms with Crippen LogP contribution in [0.2, 0.25) is 0 Å². The Kier molecular flexibility index (Phi) is 7.91. The Bertz CT molecular complexity index is 192. The van der Waals surface area contributed by atoms with Crippen LogP contribution in [-0.4, -0.2) is 24.9 Å². The Labute approximate surface area is 91.2 Å². The van der Waals surface area contributed by atoms with Gasteiger partial charge in [-0.2, -0.15) is 0 Å².